The van der Waals surface area contributed by atoms with E-state index >= 15 is 0 Å². The van der Waals surface area contributed by atoms with E-state index in [4.69, 9.17) is 0 Å². The Morgan fingerprint density at radius 2 is 1.23 bits per heavy atom. The van der Waals surface area contributed by atoms with E-state index in [1.165, 1.54) is 19.4 Å². The van der Waals surface area contributed by atoms with E-state index in [9.17, 15) is 0 Å². The van der Waals surface area contributed by atoms with Gasteiger partial charge in [-0.25, -0.2) is 18.6 Å². The monoisotopic (exact) mass is 595 g/mol. The molecule has 3 atom stereocenters. The summed E-state index contributed by atoms with van der Waals surface area (Å²) in [5, 5.41) is 0. The van der Waals surface area contributed by atoms with Crippen molar-refractivity contribution in [3.63, 3.8) is 0 Å². The van der Waals surface area contributed by atoms with Crippen molar-refractivity contribution in [3.8, 4) is 0 Å². The molecule has 2 rings (SSSR count). The van der Waals surface area contributed by atoms with Crippen molar-refractivity contribution in [3.05, 3.63) is 18.6 Å². The van der Waals surface area contributed by atoms with Crippen molar-refractivity contribution in [1.82, 2.24) is 9.80 Å². The van der Waals surface area contributed by atoms with Gasteiger partial charge >= 0.3 is 0 Å². The second-order valence-electron chi connectivity index (χ2n) is 5.77. The molecule has 2 aliphatic rings. The summed E-state index contributed by atoms with van der Waals surface area (Å²) in [6, 6.07) is 1.45. The van der Waals surface area contributed by atoms with Crippen molar-refractivity contribution >= 4 is 0 Å². The van der Waals surface area contributed by atoms with E-state index in [2.05, 4.69) is 63.2 Å². The zero-order valence-electron chi connectivity index (χ0n) is 20.7. The molecule has 0 aromatic carbocycles. The number of hydrogen-bond acceptors (Lipinski definition) is 2. The Hall–Kier alpha value is 0.582. The SMILES string of the molecule is CC.CC.CC.CC.CC1C=C[CH-]CN1C.CC1CCC(C)N(C)C1.[U]. The standard InChI is InChI=1S/C8H17N.C7H12N.4C2H6.U/c1-7-4-5-8(2)9(3)6-7;1-7-5-3-4-6-8(7)2;4*1-2;/h7-8H,4-6H2,1-3H3;3-5,7H,6H2,1-2H3;4*1-2H3;/q;-1;;;;;. The van der Waals surface area contributed by atoms with Crippen LogP contribution in [0.4, 0.5) is 0 Å². The van der Waals surface area contributed by atoms with E-state index in [0.29, 0.717) is 6.04 Å². The number of likely N-dealkylation sites (tertiary alicyclic amines) is 1. The van der Waals surface area contributed by atoms with Crippen molar-refractivity contribution in [2.24, 2.45) is 5.92 Å². The molecule has 1 fully saturated rings. The van der Waals surface area contributed by atoms with Crippen LogP contribution < -0.4 is 0 Å². The number of nitrogens with zero attached hydrogens (tertiary/aromatic N) is 2. The molecule has 0 radical (unpaired) electrons. The van der Waals surface area contributed by atoms with Crippen LogP contribution in [-0.2, 0) is 0 Å². The average Bonchev–Trinajstić information content (AvgIpc) is 2.68. The fourth-order valence-corrected chi connectivity index (χ4v) is 2.29. The minimum Gasteiger partial charge on any atom is -0.329 e. The van der Waals surface area contributed by atoms with Crippen LogP contribution >= 0.6 is 0 Å². The van der Waals surface area contributed by atoms with Crippen LogP contribution in [0.5, 0.6) is 0 Å². The van der Waals surface area contributed by atoms with Gasteiger partial charge in [0.05, 0.1) is 0 Å². The molecule has 160 valence electrons. The zero-order chi connectivity index (χ0) is 20.8. The van der Waals surface area contributed by atoms with Crippen LogP contribution in [0.3, 0.4) is 0 Å². The first-order valence-electron chi connectivity index (χ1n) is 10.9. The second kappa shape index (κ2) is 30.3. The second-order valence-corrected chi connectivity index (χ2v) is 5.77. The third kappa shape index (κ3) is 22.6. The van der Waals surface area contributed by atoms with E-state index < -0.39 is 0 Å². The first kappa shape index (κ1) is 37.3. The molecule has 0 N–H and O–H groups in total. The first-order valence-corrected chi connectivity index (χ1v) is 10.9. The van der Waals surface area contributed by atoms with E-state index in [1.54, 1.807) is 0 Å². The van der Waals surface area contributed by atoms with Gasteiger partial charge in [0.1, 0.15) is 0 Å². The molecule has 1 saturated heterocycles. The van der Waals surface area contributed by atoms with Gasteiger partial charge in [-0.2, -0.15) is 0 Å². The summed E-state index contributed by atoms with van der Waals surface area (Å²) < 4.78 is 0. The van der Waals surface area contributed by atoms with E-state index in [-0.39, 0.29) is 31.1 Å². The summed E-state index contributed by atoms with van der Waals surface area (Å²) in [5.74, 6) is 0.922. The molecule has 2 nitrogen and oxygen atoms in total. The Morgan fingerprint density at radius 1 is 0.769 bits per heavy atom. The van der Waals surface area contributed by atoms with Crippen molar-refractivity contribution in [2.75, 3.05) is 27.2 Å². The quantitative estimate of drug-likeness (QED) is 0.281. The van der Waals surface area contributed by atoms with Gasteiger partial charge in [0, 0.05) is 43.7 Å². The van der Waals surface area contributed by atoms with Gasteiger partial charge in [-0.05, 0) is 45.8 Å². The summed E-state index contributed by atoms with van der Waals surface area (Å²) >= 11 is 0. The Balaban J connectivity index is -0.0000000798. The van der Waals surface area contributed by atoms with Crippen LogP contribution in [0.2, 0.25) is 0 Å². The smallest absolute Gasteiger partial charge is 0.00641 e. The maximum absolute atomic E-state index is 2.45. The fourth-order valence-electron chi connectivity index (χ4n) is 2.29. The Morgan fingerprint density at radius 3 is 1.50 bits per heavy atom. The molecule has 0 amide bonds. The third-order valence-corrected chi connectivity index (χ3v) is 4.04. The molecule has 3 heteroatoms. The summed E-state index contributed by atoms with van der Waals surface area (Å²) in [6.07, 6.45) is 9.30. The average molecular weight is 596 g/mol. The molecule has 0 aromatic heterocycles. The van der Waals surface area contributed by atoms with E-state index in [0.717, 1.165) is 18.5 Å². The molecule has 0 aromatic rings. The number of hydrogen-bond donors (Lipinski definition) is 0. The zero-order valence-corrected chi connectivity index (χ0v) is 24.9. The largest absolute Gasteiger partial charge is 0.329 e. The van der Waals surface area contributed by atoms with Gasteiger partial charge < -0.3 is 9.80 Å². The van der Waals surface area contributed by atoms with Crippen LogP contribution in [0.1, 0.15) is 89.0 Å². The fraction of sp³-hybridized carbons (Fsp3) is 0.870. The first-order chi connectivity index (χ1) is 12.0. The molecule has 0 spiro atoms. The van der Waals surface area contributed by atoms with Gasteiger partial charge in [0.25, 0.3) is 0 Å². The third-order valence-electron chi connectivity index (χ3n) is 4.04. The topological polar surface area (TPSA) is 6.48 Å². The van der Waals surface area contributed by atoms with Gasteiger partial charge in [0.2, 0.25) is 0 Å². The van der Waals surface area contributed by atoms with Gasteiger partial charge in [-0.1, -0.05) is 75.8 Å². The number of likely N-dealkylation sites (N-methyl/N-ethyl adjacent to an activating group) is 1. The predicted molar refractivity (Wildman–Crippen MR) is 121 cm³/mol. The molecule has 0 aliphatic carbocycles. The van der Waals surface area contributed by atoms with Gasteiger partial charge in [0.15, 0.2) is 0 Å². The number of rotatable bonds is 0. The minimum absolute atomic E-state index is 0. The minimum atomic E-state index is 0. The Labute approximate surface area is 192 Å². The maximum Gasteiger partial charge on any atom is 0.00641 e. The maximum atomic E-state index is 2.45. The molecule has 3 unspecified atom stereocenters. The summed E-state index contributed by atoms with van der Waals surface area (Å²) in [7, 11) is 4.35. The number of piperidine rings is 1. The summed E-state index contributed by atoms with van der Waals surface area (Å²) in [5.41, 5.74) is 0. The Kier molecular flexibility index (Phi) is 43.5. The molecule has 26 heavy (non-hydrogen) atoms. The Bertz CT molecular complexity index is 244. The molecule has 2 heterocycles. The molecular formula is C23H53N2U-. The van der Waals surface area contributed by atoms with E-state index in [1.807, 2.05) is 55.4 Å². The van der Waals surface area contributed by atoms with Crippen molar-refractivity contribution in [2.45, 2.75) is 101 Å². The van der Waals surface area contributed by atoms with Gasteiger partial charge in [-0.15, -0.1) is 0 Å². The van der Waals surface area contributed by atoms with Crippen LogP contribution in [0, 0.1) is 43.5 Å². The van der Waals surface area contributed by atoms with Crippen molar-refractivity contribution < 1.29 is 31.1 Å². The van der Waals surface area contributed by atoms with Crippen LogP contribution in [-0.4, -0.2) is 49.1 Å². The summed E-state index contributed by atoms with van der Waals surface area (Å²) in [6.45, 7) is 25.2. The van der Waals surface area contributed by atoms with Crippen LogP contribution in [0.25, 0.3) is 0 Å². The normalized spacial score (nSPS) is 23.7. The summed E-state index contributed by atoms with van der Waals surface area (Å²) in [4.78, 5) is 4.74. The molecule has 0 bridgehead atoms. The van der Waals surface area contributed by atoms with Gasteiger partial charge in [-0.3, -0.25) is 0 Å². The molecular weight excluding hydrogens is 542 g/mol. The van der Waals surface area contributed by atoms with Crippen LogP contribution in [0.15, 0.2) is 12.2 Å². The molecule has 0 saturated carbocycles. The van der Waals surface area contributed by atoms with Crippen molar-refractivity contribution in [1.29, 1.82) is 0 Å². The molecule has 2 aliphatic heterocycles. The predicted octanol–water partition coefficient (Wildman–Crippen LogP) is 6.92.